The number of hydrogen-bond acceptors (Lipinski definition) is 4. The summed E-state index contributed by atoms with van der Waals surface area (Å²) < 4.78 is 12.1. The van der Waals surface area contributed by atoms with Gasteiger partial charge in [-0.15, -0.1) is 6.58 Å². The minimum Gasteiger partial charge on any atom is -0.497 e. The predicted octanol–water partition coefficient (Wildman–Crippen LogP) is 3.52. The highest BCUT2D eigenvalue weighted by atomic mass is 79.9. The highest BCUT2D eigenvalue weighted by Crippen LogP contribution is 2.59. The van der Waals surface area contributed by atoms with Crippen LogP contribution >= 0.6 is 15.9 Å². The van der Waals surface area contributed by atoms with Crippen molar-refractivity contribution in [2.24, 2.45) is 11.7 Å². The summed E-state index contributed by atoms with van der Waals surface area (Å²) in [7, 11) is 3.33. The van der Waals surface area contributed by atoms with Crippen molar-refractivity contribution in [3.05, 3.63) is 63.9 Å². The van der Waals surface area contributed by atoms with Gasteiger partial charge >= 0.3 is 0 Å². The first-order valence-corrected chi connectivity index (χ1v) is 8.66. The quantitative estimate of drug-likeness (QED) is 0.819. The van der Waals surface area contributed by atoms with Crippen molar-refractivity contribution in [1.82, 2.24) is 4.98 Å². The number of rotatable bonds is 3. The number of hydrogen-bond donors (Lipinski definition) is 1. The number of nitrogens with zero attached hydrogens (tertiary/aromatic N) is 1. The van der Waals surface area contributed by atoms with Gasteiger partial charge in [-0.1, -0.05) is 6.08 Å². The van der Waals surface area contributed by atoms with Crippen molar-refractivity contribution >= 4 is 15.9 Å². The number of halogens is 1. The Bertz CT molecular complexity index is 852. The summed E-state index contributed by atoms with van der Waals surface area (Å²) in [5.74, 6) is 1.87. The molecule has 3 atom stereocenters. The lowest BCUT2D eigenvalue weighted by Crippen LogP contribution is -2.46. The lowest BCUT2D eigenvalue weighted by atomic mass is 9.68. The van der Waals surface area contributed by atoms with Crippen LogP contribution in [0.2, 0.25) is 0 Å². The number of methoxy groups -OCH3 is 2. The van der Waals surface area contributed by atoms with E-state index in [-0.39, 0.29) is 11.8 Å². The van der Waals surface area contributed by atoms with E-state index in [9.17, 15) is 0 Å². The van der Waals surface area contributed by atoms with Crippen molar-refractivity contribution in [2.45, 2.75) is 17.9 Å². The van der Waals surface area contributed by atoms with Crippen molar-refractivity contribution in [1.29, 1.82) is 0 Å². The van der Waals surface area contributed by atoms with Crippen LogP contribution in [0.4, 0.5) is 0 Å². The second kappa shape index (κ2) is 5.33. The molecule has 1 heterocycles. The topological polar surface area (TPSA) is 57.4 Å². The molecular weight excluding hydrogens is 368 g/mol. The van der Waals surface area contributed by atoms with E-state index in [1.807, 2.05) is 18.3 Å². The molecule has 24 heavy (non-hydrogen) atoms. The van der Waals surface area contributed by atoms with E-state index in [4.69, 9.17) is 15.2 Å². The van der Waals surface area contributed by atoms with Gasteiger partial charge in [-0.2, -0.15) is 0 Å². The van der Waals surface area contributed by atoms with Gasteiger partial charge < -0.3 is 15.2 Å². The van der Waals surface area contributed by atoms with Gasteiger partial charge in [-0.25, -0.2) is 0 Å². The Morgan fingerprint density at radius 2 is 2.12 bits per heavy atom. The zero-order chi connectivity index (χ0) is 17.1. The fourth-order valence-electron chi connectivity index (χ4n) is 4.42. The molecule has 5 heteroatoms. The van der Waals surface area contributed by atoms with Crippen LogP contribution in [0.5, 0.6) is 11.5 Å². The van der Waals surface area contributed by atoms with Gasteiger partial charge in [0.25, 0.3) is 0 Å². The average molecular weight is 387 g/mol. The van der Waals surface area contributed by atoms with Gasteiger partial charge in [-0.3, -0.25) is 4.98 Å². The third-order valence-corrected chi connectivity index (χ3v) is 5.79. The Labute approximate surface area is 149 Å². The Hall–Kier alpha value is -1.85. The van der Waals surface area contributed by atoms with E-state index < -0.39 is 5.54 Å². The van der Waals surface area contributed by atoms with E-state index in [1.165, 1.54) is 5.56 Å². The summed E-state index contributed by atoms with van der Waals surface area (Å²) in [6, 6.07) is 6.09. The van der Waals surface area contributed by atoms with Crippen LogP contribution in [-0.4, -0.2) is 19.2 Å². The monoisotopic (exact) mass is 386 g/mol. The smallest absolute Gasteiger partial charge is 0.128 e. The zero-order valence-corrected chi connectivity index (χ0v) is 15.3. The van der Waals surface area contributed by atoms with E-state index in [0.717, 1.165) is 39.2 Å². The molecule has 124 valence electrons. The molecular formula is C19H19BrN2O2. The van der Waals surface area contributed by atoms with Crippen LogP contribution in [0.25, 0.3) is 0 Å². The van der Waals surface area contributed by atoms with Gasteiger partial charge in [0.1, 0.15) is 11.5 Å². The lowest BCUT2D eigenvalue weighted by molar-refractivity contribution is 0.319. The standard InChI is InChI=1S/C19H19BrN2O2/c1-4-15-13-6-10-5-12(23-2)8-16(24-3)17(10)19(15,21)18-14(13)7-11(20)9-22-18/h4-5,7-9,13,15H,1,6,21H2,2-3H3/t13-,15+,19-/m1/s1. The predicted molar refractivity (Wildman–Crippen MR) is 96.6 cm³/mol. The van der Waals surface area contributed by atoms with E-state index in [2.05, 4.69) is 39.6 Å². The molecule has 2 aliphatic carbocycles. The molecule has 4 rings (SSSR count). The van der Waals surface area contributed by atoms with Crippen molar-refractivity contribution in [2.75, 3.05) is 14.2 Å². The van der Waals surface area contributed by atoms with Crippen LogP contribution in [-0.2, 0) is 12.0 Å². The molecule has 0 saturated heterocycles. The normalized spacial score (nSPS) is 26.5. The maximum absolute atomic E-state index is 7.03. The van der Waals surface area contributed by atoms with Crippen molar-refractivity contribution in [3.8, 4) is 11.5 Å². The maximum atomic E-state index is 7.03. The Morgan fingerprint density at radius 1 is 1.33 bits per heavy atom. The number of ether oxygens (including phenoxy) is 2. The molecule has 0 spiro atoms. The Balaban J connectivity index is 2.06. The summed E-state index contributed by atoms with van der Waals surface area (Å²) in [5, 5.41) is 0. The molecule has 0 radical (unpaired) electrons. The minimum atomic E-state index is -0.729. The molecule has 0 unspecified atom stereocenters. The van der Waals surface area contributed by atoms with Crippen molar-refractivity contribution < 1.29 is 9.47 Å². The highest BCUT2D eigenvalue weighted by Gasteiger charge is 2.56. The largest absolute Gasteiger partial charge is 0.497 e. The molecule has 2 aliphatic rings. The van der Waals surface area contributed by atoms with Crippen LogP contribution in [0.3, 0.4) is 0 Å². The summed E-state index contributed by atoms with van der Waals surface area (Å²) in [6.07, 6.45) is 4.64. The molecule has 2 N–H and O–H groups in total. The summed E-state index contributed by atoms with van der Waals surface area (Å²) in [4.78, 5) is 4.68. The first-order valence-electron chi connectivity index (χ1n) is 7.87. The van der Waals surface area contributed by atoms with Crippen LogP contribution in [0, 0.1) is 5.92 Å². The first-order chi connectivity index (χ1) is 11.5. The lowest BCUT2D eigenvalue weighted by Gasteiger charge is -2.39. The number of aromatic nitrogens is 1. The second-order valence-electron chi connectivity index (χ2n) is 6.40. The van der Waals surface area contributed by atoms with E-state index in [1.54, 1.807) is 14.2 Å². The molecule has 0 saturated carbocycles. The SMILES string of the molecule is C=C[C@H]1[C@@H]2Cc3cc(OC)cc(OC)c3[C@@]1(N)c1ncc(Br)cc12. The molecule has 2 aromatic rings. The zero-order valence-electron chi connectivity index (χ0n) is 13.7. The number of pyridine rings is 1. The highest BCUT2D eigenvalue weighted by molar-refractivity contribution is 9.10. The van der Waals surface area contributed by atoms with Gasteiger partial charge in [-0.05, 0) is 51.5 Å². The second-order valence-corrected chi connectivity index (χ2v) is 7.31. The Kier molecular flexibility index (Phi) is 3.48. The molecule has 1 aromatic carbocycles. The molecule has 4 nitrogen and oxygen atoms in total. The summed E-state index contributed by atoms with van der Waals surface area (Å²) in [6.45, 7) is 4.05. The van der Waals surface area contributed by atoms with Crippen LogP contribution < -0.4 is 15.2 Å². The van der Waals surface area contributed by atoms with Gasteiger partial charge in [0.15, 0.2) is 0 Å². The Morgan fingerprint density at radius 3 is 2.79 bits per heavy atom. The summed E-state index contributed by atoms with van der Waals surface area (Å²) in [5.41, 5.74) is 10.6. The molecule has 2 bridgehead atoms. The fraction of sp³-hybridized carbons (Fsp3) is 0.316. The average Bonchev–Trinajstić information content (AvgIpc) is 2.75. The van der Waals surface area contributed by atoms with E-state index >= 15 is 0 Å². The van der Waals surface area contributed by atoms with Gasteiger partial charge in [0.05, 0.1) is 25.5 Å². The number of benzene rings is 1. The first kappa shape index (κ1) is 15.7. The fourth-order valence-corrected chi connectivity index (χ4v) is 4.76. The summed E-state index contributed by atoms with van der Waals surface area (Å²) >= 11 is 3.53. The molecule has 0 fully saturated rings. The van der Waals surface area contributed by atoms with Crippen molar-refractivity contribution in [3.63, 3.8) is 0 Å². The van der Waals surface area contributed by atoms with E-state index in [0.29, 0.717) is 0 Å². The van der Waals surface area contributed by atoms with Crippen LogP contribution in [0.15, 0.2) is 41.5 Å². The molecule has 0 amide bonds. The number of fused-ring (bicyclic) bond motifs is 7. The maximum Gasteiger partial charge on any atom is 0.128 e. The van der Waals surface area contributed by atoms with Crippen LogP contribution in [0.1, 0.15) is 28.3 Å². The minimum absolute atomic E-state index is 0.0871. The molecule has 0 aliphatic heterocycles. The van der Waals surface area contributed by atoms with Gasteiger partial charge in [0, 0.05) is 28.2 Å². The third kappa shape index (κ3) is 1.85. The van der Waals surface area contributed by atoms with Gasteiger partial charge in [0.2, 0.25) is 0 Å². The molecule has 1 aromatic heterocycles. The third-order valence-electron chi connectivity index (χ3n) is 5.35. The number of nitrogens with two attached hydrogens (primary N) is 1.